The highest BCUT2D eigenvalue weighted by molar-refractivity contribution is 7.98. The maximum atomic E-state index is 11.0. The van der Waals surface area contributed by atoms with Crippen LogP contribution in [0.2, 0.25) is 0 Å². The number of methoxy groups -OCH3 is 1. The molecule has 1 aliphatic heterocycles. The van der Waals surface area contributed by atoms with Crippen LogP contribution in [0.5, 0.6) is 5.75 Å². The van der Waals surface area contributed by atoms with Gasteiger partial charge in [0.05, 0.1) is 12.8 Å². The summed E-state index contributed by atoms with van der Waals surface area (Å²) in [6.07, 6.45) is 7.07. The fourth-order valence-corrected chi connectivity index (χ4v) is 2.18. The minimum absolute atomic E-state index is 0.0287. The highest BCUT2D eigenvalue weighted by atomic mass is 32.2. The molecule has 1 aromatic carbocycles. The molecule has 0 aliphatic carbocycles. The van der Waals surface area contributed by atoms with E-state index in [9.17, 15) is 4.79 Å². The van der Waals surface area contributed by atoms with Crippen LogP contribution in [0.3, 0.4) is 0 Å². The Bertz CT molecular complexity index is 538. The third-order valence-corrected chi connectivity index (χ3v) is 3.55. The van der Waals surface area contributed by atoms with Crippen molar-refractivity contribution in [2.45, 2.75) is 17.7 Å². The molecule has 0 bridgehead atoms. The lowest BCUT2D eigenvalue weighted by Crippen LogP contribution is -2.24. The Labute approximate surface area is 116 Å². The molecule has 5 heteroatoms. The smallest absolute Gasteiger partial charge is 0.240 e. The molecule has 1 aromatic rings. The Morgan fingerprint density at radius 3 is 2.84 bits per heavy atom. The van der Waals surface area contributed by atoms with E-state index in [-0.39, 0.29) is 5.91 Å². The Balaban J connectivity index is 2.16. The van der Waals surface area contributed by atoms with Crippen molar-refractivity contribution in [1.29, 1.82) is 0 Å². The lowest BCUT2D eigenvalue weighted by molar-refractivity contribution is -0.121. The standard InChI is InChI=1S/C14H16N2O2S/c1-18-13-9-12(19-2)7-4-10(13)3-5-11-6-8-14(17)16-15-11/h3-5,7,9H,6,8H2,1-2H3,(H,16,17). The Morgan fingerprint density at radius 1 is 1.37 bits per heavy atom. The largest absolute Gasteiger partial charge is 0.496 e. The number of allylic oxidation sites excluding steroid dienone is 1. The van der Waals surface area contributed by atoms with Crippen LogP contribution in [0.25, 0.3) is 6.08 Å². The number of nitrogens with zero attached hydrogens (tertiary/aromatic N) is 1. The zero-order chi connectivity index (χ0) is 13.7. The Kier molecular flexibility index (Phi) is 4.63. The van der Waals surface area contributed by atoms with Gasteiger partial charge in [-0.15, -0.1) is 11.8 Å². The SMILES string of the molecule is COc1cc(SC)ccc1C=CC1=NNC(=O)CC1. The van der Waals surface area contributed by atoms with Crippen molar-refractivity contribution in [1.82, 2.24) is 5.43 Å². The first-order valence-electron chi connectivity index (χ1n) is 5.98. The molecular formula is C14H16N2O2S. The molecule has 2 rings (SSSR count). The number of benzene rings is 1. The minimum Gasteiger partial charge on any atom is -0.496 e. The monoisotopic (exact) mass is 276 g/mol. The molecule has 0 radical (unpaired) electrons. The third kappa shape index (κ3) is 3.61. The Morgan fingerprint density at radius 2 is 2.21 bits per heavy atom. The average Bonchev–Trinajstić information content (AvgIpc) is 2.46. The van der Waals surface area contributed by atoms with E-state index in [1.807, 2.05) is 30.5 Å². The van der Waals surface area contributed by atoms with Crippen LogP contribution in [0.4, 0.5) is 0 Å². The fraction of sp³-hybridized carbons (Fsp3) is 0.286. The predicted octanol–water partition coefficient (Wildman–Crippen LogP) is 2.70. The molecule has 1 amide bonds. The quantitative estimate of drug-likeness (QED) is 0.860. The number of hydrogen-bond donors (Lipinski definition) is 1. The number of carbonyl (C=O) groups excluding carboxylic acids is 1. The van der Waals surface area contributed by atoms with Crippen LogP contribution < -0.4 is 10.2 Å². The number of hydrazone groups is 1. The van der Waals surface area contributed by atoms with Gasteiger partial charge in [-0.3, -0.25) is 4.79 Å². The summed E-state index contributed by atoms with van der Waals surface area (Å²) < 4.78 is 5.37. The van der Waals surface area contributed by atoms with Gasteiger partial charge >= 0.3 is 0 Å². The number of nitrogens with one attached hydrogen (secondary N) is 1. The molecule has 1 aliphatic rings. The first-order valence-corrected chi connectivity index (χ1v) is 7.21. The van der Waals surface area contributed by atoms with E-state index in [1.165, 1.54) is 0 Å². The summed E-state index contributed by atoms with van der Waals surface area (Å²) in [5.41, 5.74) is 4.35. The summed E-state index contributed by atoms with van der Waals surface area (Å²) in [6, 6.07) is 6.08. The highest BCUT2D eigenvalue weighted by Gasteiger charge is 2.09. The minimum atomic E-state index is -0.0287. The second kappa shape index (κ2) is 6.43. The summed E-state index contributed by atoms with van der Waals surface area (Å²) in [5.74, 6) is 0.808. The molecule has 100 valence electrons. The number of rotatable bonds is 4. The third-order valence-electron chi connectivity index (χ3n) is 2.83. The van der Waals surface area contributed by atoms with E-state index in [2.05, 4.69) is 16.6 Å². The van der Waals surface area contributed by atoms with Gasteiger partial charge in [0.1, 0.15) is 5.75 Å². The van der Waals surface area contributed by atoms with Crippen molar-refractivity contribution in [3.8, 4) is 5.75 Å². The molecule has 0 saturated carbocycles. The lowest BCUT2D eigenvalue weighted by atomic mass is 10.1. The van der Waals surface area contributed by atoms with E-state index < -0.39 is 0 Å². The molecular weight excluding hydrogens is 260 g/mol. The molecule has 0 saturated heterocycles. The van der Waals surface area contributed by atoms with Crippen LogP contribution in [0.1, 0.15) is 18.4 Å². The van der Waals surface area contributed by atoms with Crippen molar-refractivity contribution >= 4 is 29.5 Å². The first-order chi connectivity index (χ1) is 9.22. The second-order valence-electron chi connectivity index (χ2n) is 4.08. The van der Waals surface area contributed by atoms with Crippen LogP contribution in [-0.2, 0) is 4.79 Å². The molecule has 19 heavy (non-hydrogen) atoms. The highest BCUT2D eigenvalue weighted by Crippen LogP contribution is 2.26. The van der Waals surface area contributed by atoms with Gasteiger partial charge in [0.2, 0.25) is 5.91 Å². The number of ether oxygens (including phenoxy) is 1. The van der Waals surface area contributed by atoms with Gasteiger partial charge in [0, 0.05) is 23.3 Å². The van der Waals surface area contributed by atoms with Crippen molar-refractivity contribution in [3.05, 3.63) is 29.8 Å². The molecule has 0 aromatic heterocycles. The average molecular weight is 276 g/mol. The van der Waals surface area contributed by atoms with E-state index in [4.69, 9.17) is 4.74 Å². The van der Waals surface area contributed by atoms with Gasteiger partial charge in [-0.05, 0) is 30.5 Å². The van der Waals surface area contributed by atoms with Crippen LogP contribution >= 0.6 is 11.8 Å². The van der Waals surface area contributed by atoms with Crippen molar-refractivity contribution in [2.24, 2.45) is 5.10 Å². The summed E-state index contributed by atoms with van der Waals surface area (Å²) in [6.45, 7) is 0. The van der Waals surface area contributed by atoms with Gasteiger partial charge in [0.15, 0.2) is 0 Å². The summed E-state index contributed by atoms with van der Waals surface area (Å²) in [4.78, 5) is 12.2. The first kappa shape index (κ1) is 13.7. The molecule has 1 N–H and O–H groups in total. The van der Waals surface area contributed by atoms with Crippen LogP contribution in [0, 0.1) is 0 Å². The molecule has 1 heterocycles. The van der Waals surface area contributed by atoms with E-state index in [1.54, 1.807) is 18.9 Å². The van der Waals surface area contributed by atoms with Gasteiger partial charge in [0.25, 0.3) is 0 Å². The zero-order valence-electron chi connectivity index (χ0n) is 11.0. The van der Waals surface area contributed by atoms with Crippen molar-refractivity contribution < 1.29 is 9.53 Å². The molecule has 0 spiro atoms. The maximum absolute atomic E-state index is 11.0. The molecule has 0 unspecified atom stereocenters. The second-order valence-corrected chi connectivity index (χ2v) is 4.96. The topological polar surface area (TPSA) is 50.7 Å². The van der Waals surface area contributed by atoms with Crippen molar-refractivity contribution in [3.63, 3.8) is 0 Å². The summed E-state index contributed by atoms with van der Waals surface area (Å²) in [5, 5.41) is 4.00. The van der Waals surface area contributed by atoms with E-state index in [0.29, 0.717) is 12.8 Å². The summed E-state index contributed by atoms with van der Waals surface area (Å²) in [7, 11) is 1.66. The van der Waals surface area contributed by atoms with Crippen molar-refractivity contribution in [2.75, 3.05) is 13.4 Å². The van der Waals surface area contributed by atoms with Gasteiger partial charge in [-0.25, -0.2) is 5.43 Å². The van der Waals surface area contributed by atoms with Gasteiger partial charge < -0.3 is 4.74 Å². The van der Waals surface area contributed by atoms with Gasteiger partial charge in [-0.2, -0.15) is 5.10 Å². The number of amides is 1. The van der Waals surface area contributed by atoms with Crippen LogP contribution in [-0.4, -0.2) is 25.0 Å². The predicted molar refractivity (Wildman–Crippen MR) is 78.6 cm³/mol. The Hall–Kier alpha value is -1.75. The number of carbonyl (C=O) groups is 1. The maximum Gasteiger partial charge on any atom is 0.240 e. The van der Waals surface area contributed by atoms with E-state index in [0.717, 1.165) is 21.9 Å². The number of hydrogen-bond acceptors (Lipinski definition) is 4. The fourth-order valence-electron chi connectivity index (χ4n) is 1.75. The summed E-state index contributed by atoms with van der Waals surface area (Å²) >= 11 is 1.68. The lowest BCUT2D eigenvalue weighted by Gasteiger charge is -2.09. The molecule has 0 atom stereocenters. The molecule has 4 nitrogen and oxygen atoms in total. The normalized spacial score (nSPS) is 15.3. The van der Waals surface area contributed by atoms with Gasteiger partial charge in [-0.1, -0.05) is 6.07 Å². The zero-order valence-corrected chi connectivity index (χ0v) is 11.8. The number of thioether (sulfide) groups is 1. The molecule has 0 fully saturated rings. The van der Waals surface area contributed by atoms with Crippen LogP contribution in [0.15, 0.2) is 34.3 Å². The van der Waals surface area contributed by atoms with E-state index >= 15 is 0 Å².